The maximum Gasteiger partial charge on any atom is 0.295 e. The van der Waals surface area contributed by atoms with Crippen LogP contribution in [0.4, 0.5) is 0 Å². The number of aliphatic hydroxyl groups is 1. The van der Waals surface area contributed by atoms with Crippen molar-refractivity contribution in [2.24, 2.45) is 0 Å². The number of carbonyl (C=O) groups excluding carboxylic acids is 2. The fraction of sp³-hybridized carbons (Fsp3) is 0.304. The molecule has 28 heavy (non-hydrogen) atoms. The predicted molar refractivity (Wildman–Crippen MR) is 108 cm³/mol. The Morgan fingerprint density at radius 2 is 1.57 bits per heavy atom. The summed E-state index contributed by atoms with van der Waals surface area (Å²) in [5.74, 6) is -1.38. The summed E-state index contributed by atoms with van der Waals surface area (Å²) in [5.41, 5.74) is 3.59. The van der Waals surface area contributed by atoms with Crippen LogP contribution in [0.25, 0.3) is 5.76 Å². The van der Waals surface area contributed by atoms with Crippen molar-refractivity contribution in [1.82, 2.24) is 4.90 Å². The number of nitrogens with zero attached hydrogens (tertiary/aromatic N) is 1. The van der Waals surface area contributed by atoms with Crippen LogP contribution in [0.2, 0.25) is 0 Å². The first-order chi connectivity index (χ1) is 13.4. The maximum absolute atomic E-state index is 12.8. The highest BCUT2D eigenvalue weighted by atomic mass is 16.5. The van der Waals surface area contributed by atoms with Gasteiger partial charge in [0.25, 0.3) is 11.7 Å². The Kier molecular flexibility index (Phi) is 5.95. The number of aryl methyl sites for hydroxylation is 2. The van der Waals surface area contributed by atoms with Gasteiger partial charge in [-0.3, -0.25) is 9.59 Å². The van der Waals surface area contributed by atoms with Gasteiger partial charge in [0.05, 0.1) is 11.6 Å². The van der Waals surface area contributed by atoms with Crippen molar-refractivity contribution in [2.45, 2.75) is 26.3 Å². The molecule has 0 saturated carbocycles. The summed E-state index contributed by atoms with van der Waals surface area (Å²) in [6, 6.07) is 14.3. The summed E-state index contributed by atoms with van der Waals surface area (Å²) in [5, 5.41) is 10.9. The number of likely N-dealkylation sites (tertiary alicyclic amines) is 1. The molecule has 5 heteroatoms. The second kappa shape index (κ2) is 8.40. The number of hydrogen-bond acceptors (Lipinski definition) is 4. The molecule has 0 bridgehead atoms. The fourth-order valence-corrected chi connectivity index (χ4v) is 3.45. The van der Waals surface area contributed by atoms with Gasteiger partial charge in [-0.1, -0.05) is 59.7 Å². The molecular formula is C23H25NO4. The average molecular weight is 379 g/mol. The van der Waals surface area contributed by atoms with Crippen molar-refractivity contribution in [2.75, 3.05) is 20.3 Å². The first-order valence-corrected chi connectivity index (χ1v) is 9.35. The van der Waals surface area contributed by atoms with Gasteiger partial charge < -0.3 is 14.7 Å². The van der Waals surface area contributed by atoms with Crippen molar-refractivity contribution in [3.05, 3.63) is 76.4 Å². The molecule has 3 rings (SSSR count). The summed E-state index contributed by atoms with van der Waals surface area (Å²) in [6.07, 6.45) is 0.608. The molecule has 2 aromatic rings. The lowest BCUT2D eigenvalue weighted by molar-refractivity contribution is -0.140. The van der Waals surface area contributed by atoms with Crippen molar-refractivity contribution in [3.63, 3.8) is 0 Å². The number of methoxy groups -OCH3 is 1. The van der Waals surface area contributed by atoms with E-state index in [4.69, 9.17) is 4.74 Å². The van der Waals surface area contributed by atoms with Crippen molar-refractivity contribution < 1.29 is 19.4 Å². The smallest absolute Gasteiger partial charge is 0.295 e. The van der Waals surface area contributed by atoms with E-state index in [0.717, 1.165) is 16.7 Å². The minimum atomic E-state index is -0.652. The van der Waals surface area contributed by atoms with E-state index in [1.807, 2.05) is 50.2 Å². The monoisotopic (exact) mass is 379 g/mol. The summed E-state index contributed by atoms with van der Waals surface area (Å²) in [7, 11) is 1.60. The molecule has 2 aromatic carbocycles. The van der Waals surface area contributed by atoms with Crippen molar-refractivity contribution in [3.8, 4) is 0 Å². The highest BCUT2D eigenvalue weighted by Gasteiger charge is 2.45. The van der Waals surface area contributed by atoms with Crippen molar-refractivity contribution in [1.29, 1.82) is 0 Å². The average Bonchev–Trinajstić information content (AvgIpc) is 2.94. The van der Waals surface area contributed by atoms with Crippen LogP contribution < -0.4 is 0 Å². The Labute approximate surface area is 165 Å². The molecule has 0 aliphatic carbocycles. The second-order valence-electron chi connectivity index (χ2n) is 7.12. The van der Waals surface area contributed by atoms with Crippen LogP contribution in [-0.4, -0.2) is 42.0 Å². The third-order valence-electron chi connectivity index (χ3n) is 5.01. The largest absolute Gasteiger partial charge is 0.507 e. The SMILES string of the molecule is COCCCN1C(=O)C(=O)/C(=C(\O)c2ccc(C)cc2)C1c1ccc(C)cc1. The van der Waals surface area contributed by atoms with Crippen LogP contribution in [0.1, 0.15) is 34.7 Å². The molecule has 1 amide bonds. The lowest BCUT2D eigenvalue weighted by Crippen LogP contribution is -2.31. The first-order valence-electron chi connectivity index (χ1n) is 9.35. The Bertz CT molecular complexity index is 897. The quantitative estimate of drug-likeness (QED) is 0.359. The van der Waals surface area contributed by atoms with E-state index in [1.54, 1.807) is 19.2 Å². The molecule has 0 radical (unpaired) electrons. The van der Waals surface area contributed by atoms with Gasteiger partial charge in [0.1, 0.15) is 5.76 Å². The van der Waals surface area contributed by atoms with E-state index in [9.17, 15) is 14.7 Å². The Morgan fingerprint density at radius 1 is 1.00 bits per heavy atom. The number of ketones is 1. The number of benzene rings is 2. The molecule has 1 N–H and O–H groups in total. The maximum atomic E-state index is 12.8. The molecule has 1 heterocycles. The van der Waals surface area contributed by atoms with Gasteiger partial charge in [-0.2, -0.15) is 0 Å². The van der Waals surface area contributed by atoms with E-state index >= 15 is 0 Å². The van der Waals surface area contributed by atoms with Crippen LogP contribution in [0.5, 0.6) is 0 Å². The predicted octanol–water partition coefficient (Wildman–Crippen LogP) is 3.76. The molecule has 1 unspecified atom stereocenters. The number of ether oxygens (including phenoxy) is 1. The number of Topliss-reactive ketones (excluding diaryl/α,β-unsaturated/α-hetero) is 1. The van der Waals surface area contributed by atoms with Gasteiger partial charge in [0.15, 0.2) is 0 Å². The summed E-state index contributed by atoms with van der Waals surface area (Å²) >= 11 is 0. The molecule has 5 nitrogen and oxygen atoms in total. The van der Waals surface area contributed by atoms with Crippen LogP contribution in [0.3, 0.4) is 0 Å². The third-order valence-corrected chi connectivity index (χ3v) is 5.01. The molecule has 1 saturated heterocycles. The molecule has 146 valence electrons. The summed E-state index contributed by atoms with van der Waals surface area (Å²) in [4.78, 5) is 27.1. The van der Waals surface area contributed by atoms with Gasteiger partial charge in [0, 0.05) is 25.8 Å². The van der Waals surface area contributed by atoms with Crippen LogP contribution in [0.15, 0.2) is 54.1 Å². The minimum Gasteiger partial charge on any atom is -0.507 e. The highest BCUT2D eigenvalue weighted by Crippen LogP contribution is 2.39. The molecule has 1 aliphatic heterocycles. The van der Waals surface area contributed by atoms with E-state index < -0.39 is 17.7 Å². The number of rotatable bonds is 6. The zero-order chi connectivity index (χ0) is 20.3. The topological polar surface area (TPSA) is 66.8 Å². The zero-order valence-corrected chi connectivity index (χ0v) is 16.4. The van der Waals surface area contributed by atoms with Gasteiger partial charge >= 0.3 is 0 Å². The lowest BCUT2D eigenvalue weighted by atomic mass is 9.94. The molecule has 1 aliphatic rings. The van der Waals surface area contributed by atoms with Gasteiger partial charge in [0.2, 0.25) is 0 Å². The number of hydrogen-bond donors (Lipinski definition) is 1. The number of carbonyl (C=O) groups is 2. The molecule has 0 aromatic heterocycles. The van der Waals surface area contributed by atoms with E-state index in [2.05, 4.69) is 0 Å². The van der Waals surface area contributed by atoms with E-state index in [-0.39, 0.29) is 11.3 Å². The minimum absolute atomic E-state index is 0.134. The molecule has 0 spiro atoms. The summed E-state index contributed by atoms with van der Waals surface area (Å²) < 4.78 is 5.09. The number of aliphatic hydroxyl groups excluding tert-OH is 1. The van der Waals surface area contributed by atoms with Crippen LogP contribution in [-0.2, 0) is 14.3 Å². The summed E-state index contributed by atoms with van der Waals surface area (Å²) in [6.45, 7) is 4.79. The van der Waals surface area contributed by atoms with E-state index in [1.165, 1.54) is 4.90 Å². The van der Waals surface area contributed by atoms with Gasteiger partial charge in [-0.25, -0.2) is 0 Å². The zero-order valence-electron chi connectivity index (χ0n) is 16.4. The first kappa shape index (κ1) is 19.8. The third kappa shape index (κ3) is 3.85. The Hall–Kier alpha value is -2.92. The van der Waals surface area contributed by atoms with Crippen molar-refractivity contribution >= 4 is 17.4 Å². The second-order valence-corrected chi connectivity index (χ2v) is 7.12. The molecule has 1 fully saturated rings. The van der Waals surface area contributed by atoms with Crippen LogP contribution >= 0.6 is 0 Å². The fourth-order valence-electron chi connectivity index (χ4n) is 3.45. The standard InChI is InChI=1S/C23H25NO4/c1-15-5-9-17(10-6-15)20-19(21(25)18-11-7-16(2)8-12-18)22(26)23(27)24(20)13-4-14-28-3/h5-12,20,25H,4,13-14H2,1-3H3/b21-19-. The normalized spacial score (nSPS) is 18.7. The van der Waals surface area contributed by atoms with Gasteiger partial charge in [-0.15, -0.1) is 0 Å². The van der Waals surface area contributed by atoms with E-state index in [0.29, 0.717) is 25.1 Å². The Morgan fingerprint density at radius 3 is 2.14 bits per heavy atom. The molecular weight excluding hydrogens is 354 g/mol. The molecule has 1 atom stereocenters. The lowest BCUT2D eigenvalue weighted by Gasteiger charge is -2.25. The highest BCUT2D eigenvalue weighted by molar-refractivity contribution is 6.46. The Balaban J connectivity index is 2.10. The van der Waals surface area contributed by atoms with Crippen LogP contribution in [0, 0.1) is 13.8 Å². The number of amides is 1. The van der Waals surface area contributed by atoms with Gasteiger partial charge in [-0.05, 0) is 25.8 Å².